The molecule has 2 heterocycles. The minimum absolute atomic E-state index is 0.0772. The molecule has 0 bridgehead atoms. The molecule has 3 rings (SSSR count). The van der Waals surface area contributed by atoms with Crippen LogP contribution in [-0.2, 0) is 11.2 Å². The maximum Gasteiger partial charge on any atom is 0.224 e. The van der Waals surface area contributed by atoms with Gasteiger partial charge in [0.15, 0.2) is 5.13 Å². The van der Waals surface area contributed by atoms with E-state index in [1.54, 1.807) is 0 Å². The normalized spacial score (nSPS) is 10.8. The highest BCUT2D eigenvalue weighted by atomic mass is 32.1. The first-order valence-corrected chi connectivity index (χ1v) is 8.77. The van der Waals surface area contributed by atoms with Gasteiger partial charge in [-0.05, 0) is 30.0 Å². The average Bonchev–Trinajstić information content (AvgIpc) is 3.18. The van der Waals surface area contributed by atoms with Crippen LogP contribution in [0, 0.1) is 11.6 Å². The van der Waals surface area contributed by atoms with Gasteiger partial charge in [0.1, 0.15) is 17.3 Å². The molecule has 0 aliphatic carbocycles. The number of nitrogens with one attached hydrogen (secondary N) is 1. The van der Waals surface area contributed by atoms with E-state index in [4.69, 9.17) is 5.73 Å². The Labute approximate surface area is 145 Å². The minimum atomic E-state index is -0.801. The third kappa shape index (κ3) is 3.60. The van der Waals surface area contributed by atoms with Gasteiger partial charge in [-0.25, -0.2) is 13.8 Å². The fourth-order valence-electron chi connectivity index (χ4n) is 2.19. The first-order chi connectivity index (χ1) is 11.5. The highest BCUT2D eigenvalue weighted by molar-refractivity contribution is 7.17. The number of anilines is 2. The summed E-state index contributed by atoms with van der Waals surface area (Å²) in [6, 6.07) is 7.27. The van der Waals surface area contributed by atoms with E-state index >= 15 is 0 Å². The van der Waals surface area contributed by atoms with Crippen LogP contribution in [0.25, 0.3) is 10.6 Å². The molecule has 124 valence electrons. The van der Waals surface area contributed by atoms with Gasteiger partial charge in [-0.3, -0.25) is 4.79 Å². The Morgan fingerprint density at radius 1 is 1.21 bits per heavy atom. The van der Waals surface area contributed by atoms with Crippen molar-refractivity contribution in [2.45, 2.75) is 12.8 Å². The number of rotatable bonds is 5. The molecule has 0 radical (unpaired) electrons. The van der Waals surface area contributed by atoms with Crippen molar-refractivity contribution in [3.05, 3.63) is 52.2 Å². The van der Waals surface area contributed by atoms with Crippen molar-refractivity contribution in [2.75, 3.05) is 11.1 Å². The first-order valence-electron chi connectivity index (χ1n) is 7.07. The van der Waals surface area contributed by atoms with Crippen LogP contribution in [0.1, 0.15) is 11.3 Å². The van der Waals surface area contributed by atoms with E-state index in [1.807, 2.05) is 17.5 Å². The molecule has 2 aromatic heterocycles. The van der Waals surface area contributed by atoms with Gasteiger partial charge in [-0.15, -0.1) is 22.7 Å². The molecule has 0 saturated heterocycles. The fraction of sp³-hybridized carbons (Fsp3) is 0.125. The summed E-state index contributed by atoms with van der Waals surface area (Å²) in [7, 11) is 0. The molecule has 0 unspecified atom stereocenters. The summed E-state index contributed by atoms with van der Waals surface area (Å²) in [5.74, 6) is -2.07. The Bertz CT molecular complexity index is 842. The van der Waals surface area contributed by atoms with Crippen molar-refractivity contribution in [1.29, 1.82) is 0 Å². The molecule has 0 spiro atoms. The average molecular weight is 365 g/mol. The number of amides is 1. The van der Waals surface area contributed by atoms with E-state index in [9.17, 15) is 13.6 Å². The number of hydrogen-bond acceptors (Lipinski definition) is 5. The van der Waals surface area contributed by atoms with Gasteiger partial charge < -0.3 is 11.1 Å². The van der Waals surface area contributed by atoms with Crippen molar-refractivity contribution in [3.63, 3.8) is 0 Å². The molecular formula is C16H13F2N3OS2. The Hall–Kier alpha value is -2.32. The van der Waals surface area contributed by atoms with Gasteiger partial charge in [-0.1, -0.05) is 12.1 Å². The number of carbonyl (C=O) groups excluding carboxylic acids is 1. The van der Waals surface area contributed by atoms with Crippen LogP contribution in [0.15, 0.2) is 35.7 Å². The molecule has 0 aliphatic heterocycles. The van der Waals surface area contributed by atoms with Crippen LogP contribution in [-0.4, -0.2) is 10.9 Å². The van der Waals surface area contributed by atoms with Crippen LogP contribution in [0.3, 0.4) is 0 Å². The second-order valence-electron chi connectivity index (χ2n) is 4.95. The zero-order valence-corrected chi connectivity index (χ0v) is 14.0. The fourth-order valence-corrected chi connectivity index (χ4v) is 3.84. The molecular weight excluding hydrogens is 352 g/mol. The molecule has 0 fully saturated rings. The number of benzene rings is 1. The molecule has 4 nitrogen and oxygen atoms in total. The molecule has 1 amide bonds. The second kappa shape index (κ2) is 7.06. The van der Waals surface area contributed by atoms with Gasteiger partial charge in [0.2, 0.25) is 5.91 Å². The summed E-state index contributed by atoms with van der Waals surface area (Å²) < 4.78 is 27.1. The number of halogens is 2. The SMILES string of the molecule is Nc1nc(-c2cccs2)c(CCC(=O)Nc2c(F)cccc2F)s1. The number of carbonyl (C=O) groups is 1. The van der Waals surface area contributed by atoms with E-state index in [1.165, 1.54) is 28.7 Å². The lowest BCUT2D eigenvalue weighted by molar-refractivity contribution is -0.116. The van der Waals surface area contributed by atoms with E-state index in [0.29, 0.717) is 11.6 Å². The van der Waals surface area contributed by atoms with Gasteiger partial charge >= 0.3 is 0 Å². The molecule has 24 heavy (non-hydrogen) atoms. The summed E-state index contributed by atoms with van der Waals surface area (Å²) in [5.41, 5.74) is 6.10. The Balaban J connectivity index is 1.69. The third-order valence-corrected chi connectivity index (χ3v) is 5.10. The molecule has 3 aromatic rings. The molecule has 1 aromatic carbocycles. The van der Waals surface area contributed by atoms with Crippen LogP contribution >= 0.6 is 22.7 Å². The van der Waals surface area contributed by atoms with Crippen LogP contribution < -0.4 is 11.1 Å². The van der Waals surface area contributed by atoms with E-state index in [2.05, 4.69) is 10.3 Å². The summed E-state index contributed by atoms with van der Waals surface area (Å²) in [5, 5.41) is 4.63. The van der Waals surface area contributed by atoms with Crippen LogP contribution in [0.4, 0.5) is 19.6 Å². The topological polar surface area (TPSA) is 68.0 Å². The van der Waals surface area contributed by atoms with Crippen LogP contribution in [0.5, 0.6) is 0 Å². The summed E-state index contributed by atoms with van der Waals surface area (Å²) in [4.78, 5) is 18.1. The van der Waals surface area contributed by atoms with Crippen molar-refractivity contribution in [1.82, 2.24) is 4.98 Å². The van der Waals surface area contributed by atoms with E-state index in [0.717, 1.165) is 27.6 Å². The van der Waals surface area contributed by atoms with Gasteiger partial charge in [-0.2, -0.15) is 0 Å². The summed E-state index contributed by atoms with van der Waals surface area (Å²) in [6.45, 7) is 0. The minimum Gasteiger partial charge on any atom is -0.375 e. The molecule has 0 atom stereocenters. The molecule has 0 saturated carbocycles. The number of hydrogen-bond donors (Lipinski definition) is 2. The third-order valence-electron chi connectivity index (χ3n) is 3.27. The maximum atomic E-state index is 13.5. The second-order valence-corrected chi connectivity index (χ2v) is 7.01. The van der Waals surface area contributed by atoms with Gasteiger partial charge in [0.05, 0.1) is 10.6 Å². The number of aryl methyl sites for hydroxylation is 1. The highest BCUT2D eigenvalue weighted by Crippen LogP contribution is 2.33. The lowest BCUT2D eigenvalue weighted by atomic mass is 10.2. The van der Waals surface area contributed by atoms with Gasteiger partial charge in [0, 0.05) is 11.3 Å². The standard InChI is InChI=1S/C16H13F2N3OS2/c17-9-3-1-4-10(18)14(9)20-13(22)7-6-12-15(21-16(19)24-12)11-5-2-8-23-11/h1-5,8H,6-7H2,(H2,19,21)(H,20,22). The maximum absolute atomic E-state index is 13.5. The zero-order valence-electron chi connectivity index (χ0n) is 12.4. The van der Waals surface area contributed by atoms with Crippen molar-refractivity contribution in [3.8, 4) is 10.6 Å². The van der Waals surface area contributed by atoms with Crippen molar-refractivity contribution in [2.24, 2.45) is 0 Å². The lowest BCUT2D eigenvalue weighted by Gasteiger charge is -2.07. The first kappa shape index (κ1) is 16.5. The number of para-hydroxylation sites is 1. The van der Waals surface area contributed by atoms with Gasteiger partial charge in [0.25, 0.3) is 0 Å². The largest absolute Gasteiger partial charge is 0.375 e. The molecule has 0 aliphatic rings. The number of thiazole rings is 1. The van der Waals surface area contributed by atoms with E-state index in [-0.39, 0.29) is 6.42 Å². The van der Waals surface area contributed by atoms with E-state index < -0.39 is 23.2 Å². The monoisotopic (exact) mass is 365 g/mol. The van der Waals surface area contributed by atoms with Crippen molar-refractivity contribution >= 4 is 39.4 Å². The number of aromatic nitrogens is 1. The predicted octanol–water partition coefficient (Wildman–Crippen LogP) is 4.30. The Kier molecular flexibility index (Phi) is 4.86. The zero-order chi connectivity index (χ0) is 17.1. The van der Waals surface area contributed by atoms with Crippen LogP contribution in [0.2, 0.25) is 0 Å². The quantitative estimate of drug-likeness (QED) is 0.708. The predicted molar refractivity (Wildman–Crippen MR) is 93.1 cm³/mol. The smallest absolute Gasteiger partial charge is 0.224 e. The molecule has 8 heteroatoms. The Morgan fingerprint density at radius 3 is 2.62 bits per heavy atom. The molecule has 3 N–H and O–H groups in total. The highest BCUT2D eigenvalue weighted by Gasteiger charge is 2.16. The summed E-state index contributed by atoms with van der Waals surface area (Å²) in [6.07, 6.45) is 0.470. The number of nitrogens with zero attached hydrogens (tertiary/aromatic N) is 1. The number of nitrogen functional groups attached to an aromatic ring is 1. The number of nitrogens with two attached hydrogens (primary N) is 1. The summed E-state index contributed by atoms with van der Waals surface area (Å²) >= 11 is 2.85. The Morgan fingerprint density at radius 2 is 1.96 bits per heavy atom. The van der Waals surface area contributed by atoms with Crippen molar-refractivity contribution < 1.29 is 13.6 Å². The number of thiophene rings is 1. The lowest BCUT2D eigenvalue weighted by Crippen LogP contribution is -2.14.